The smallest absolute Gasteiger partial charge is 0.124 e. The number of aromatic hydroxyl groups is 1. The van der Waals surface area contributed by atoms with Crippen LogP contribution in [0, 0.1) is 0 Å². The predicted molar refractivity (Wildman–Crippen MR) is 170 cm³/mol. The molecule has 1 heteroatoms. The van der Waals surface area contributed by atoms with Crippen molar-refractivity contribution in [3.05, 3.63) is 162 Å². The second kappa shape index (κ2) is 8.83. The fraction of sp³-hybridized carbons (Fsp3) is 0.0769. The minimum absolute atomic E-state index is 0.284. The first-order chi connectivity index (χ1) is 19.5. The lowest BCUT2D eigenvalue weighted by Gasteiger charge is -2.32. The summed E-state index contributed by atoms with van der Waals surface area (Å²) >= 11 is 0. The Labute approximate surface area is 235 Å². The Bertz CT molecular complexity index is 2010. The van der Waals surface area contributed by atoms with Gasteiger partial charge in [-0.05, 0) is 104 Å². The van der Waals surface area contributed by atoms with Gasteiger partial charge in [-0.3, -0.25) is 0 Å². The molecule has 0 aromatic heterocycles. The van der Waals surface area contributed by atoms with Crippen LogP contribution in [0.4, 0.5) is 0 Å². The molecular formula is C39H30O. The highest BCUT2D eigenvalue weighted by molar-refractivity contribution is 6.11. The van der Waals surface area contributed by atoms with Gasteiger partial charge in [0.05, 0.1) is 5.41 Å². The van der Waals surface area contributed by atoms with Crippen LogP contribution in [0.5, 0.6) is 5.75 Å². The van der Waals surface area contributed by atoms with Crippen LogP contribution in [0.3, 0.4) is 0 Å². The number of phenolic OH excluding ortho intramolecular Hbond substituents is 1. The zero-order chi connectivity index (χ0) is 27.6. The number of rotatable bonds is 3. The van der Waals surface area contributed by atoms with E-state index < -0.39 is 5.41 Å². The van der Waals surface area contributed by atoms with Crippen molar-refractivity contribution in [2.24, 2.45) is 0 Å². The predicted octanol–water partition coefficient (Wildman–Crippen LogP) is 10.2. The minimum atomic E-state index is -0.529. The molecule has 2 aliphatic carbocycles. The maximum absolute atomic E-state index is 11.4. The van der Waals surface area contributed by atoms with Gasteiger partial charge in [0.15, 0.2) is 0 Å². The monoisotopic (exact) mass is 514 g/mol. The molecule has 5 aromatic rings. The average molecular weight is 515 g/mol. The van der Waals surface area contributed by atoms with Gasteiger partial charge in [-0.1, -0.05) is 110 Å². The Morgan fingerprint density at radius 3 is 2.17 bits per heavy atom. The summed E-state index contributed by atoms with van der Waals surface area (Å²) in [5.41, 5.74) is 10.9. The highest BCUT2D eigenvalue weighted by Crippen LogP contribution is 2.64. The molecule has 0 bridgehead atoms. The summed E-state index contributed by atoms with van der Waals surface area (Å²) < 4.78 is 0. The summed E-state index contributed by atoms with van der Waals surface area (Å²) in [6.45, 7) is 12.9. The quantitative estimate of drug-likeness (QED) is 0.254. The molecular weight excluding hydrogens is 484 g/mol. The molecule has 1 unspecified atom stereocenters. The Hall–Kier alpha value is -4.88. The highest BCUT2D eigenvalue weighted by Gasteiger charge is 2.53. The third-order valence-corrected chi connectivity index (χ3v) is 8.81. The first-order valence-electron chi connectivity index (χ1n) is 13.8. The van der Waals surface area contributed by atoms with Crippen LogP contribution in [0.25, 0.3) is 43.8 Å². The molecule has 1 atom stereocenters. The zero-order valence-corrected chi connectivity index (χ0v) is 22.8. The van der Waals surface area contributed by atoms with E-state index in [4.69, 9.17) is 0 Å². The molecule has 0 saturated carbocycles. The van der Waals surface area contributed by atoms with E-state index in [1.54, 1.807) is 0 Å². The summed E-state index contributed by atoms with van der Waals surface area (Å²) in [7, 11) is 0. The van der Waals surface area contributed by atoms with Crippen molar-refractivity contribution < 1.29 is 5.11 Å². The van der Waals surface area contributed by atoms with E-state index in [2.05, 4.69) is 112 Å². The molecule has 0 saturated heterocycles. The van der Waals surface area contributed by atoms with Gasteiger partial charge in [0, 0.05) is 5.56 Å². The Morgan fingerprint density at radius 1 is 0.750 bits per heavy atom. The molecule has 40 heavy (non-hydrogen) atoms. The molecule has 0 radical (unpaired) electrons. The first kappa shape index (κ1) is 24.2. The van der Waals surface area contributed by atoms with E-state index in [1.807, 2.05) is 30.3 Å². The van der Waals surface area contributed by atoms with Crippen molar-refractivity contribution in [2.45, 2.75) is 19.3 Å². The van der Waals surface area contributed by atoms with E-state index in [-0.39, 0.29) is 5.75 Å². The summed E-state index contributed by atoms with van der Waals surface area (Å²) in [6, 6.07) is 31.9. The lowest BCUT2D eigenvalue weighted by molar-refractivity contribution is 0.478. The standard InChI is InChI=1S/C39H30O/c1-5-13-33-24(3)25(4)34(14-6-2)39(33)35-20-12-11-19-30(35)38-29-18-10-9-17-28(29)31(23-36(38)39)32-21-26-15-7-8-16-27(26)22-37(32)40/h5-23,40H,1,3H2,2,4H3. The molecule has 192 valence electrons. The fourth-order valence-corrected chi connectivity index (χ4v) is 7.16. The van der Waals surface area contributed by atoms with Crippen molar-refractivity contribution in [3.63, 3.8) is 0 Å². The lowest BCUT2D eigenvalue weighted by atomic mass is 9.68. The maximum atomic E-state index is 11.4. The molecule has 5 aromatic carbocycles. The number of allylic oxidation sites excluding steroid dienone is 8. The summed E-state index contributed by atoms with van der Waals surface area (Å²) in [5.74, 6) is 0.284. The Balaban J connectivity index is 1.69. The van der Waals surface area contributed by atoms with E-state index in [1.165, 1.54) is 38.8 Å². The molecule has 7 rings (SSSR count). The largest absolute Gasteiger partial charge is 0.507 e. The van der Waals surface area contributed by atoms with Gasteiger partial charge in [-0.15, -0.1) is 0 Å². The lowest BCUT2D eigenvalue weighted by Crippen LogP contribution is -2.27. The van der Waals surface area contributed by atoms with Gasteiger partial charge in [0.1, 0.15) is 5.75 Å². The number of hydrogen-bond donors (Lipinski definition) is 1. The van der Waals surface area contributed by atoms with Gasteiger partial charge < -0.3 is 5.11 Å². The zero-order valence-electron chi connectivity index (χ0n) is 22.8. The first-order valence-corrected chi connectivity index (χ1v) is 13.8. The fourth-order valence-electron chi connectivity index (χ4n) is 7.16. The van der Waals surface area contributed by atoms with Crippen molar-refractivity contribution in [2.75, 3.05) is 0 Å². The number of hydrogen-bond acceptors (Lipinski definition) is 1. The Morgan fingerprint density at radius 2 is 1.43 bits per heavy atom. The maximum Gasteiger partial charge on any atom is 0.124 e. The second-order valence-corrected chi connectivity index (χ2v) is 10.7. The van der Waals surface area contributed by atoms with Crippen molar-refractivity contribution in [1.29, 1.82) is 0 Å². The van der Waals surface area contributed by atoms with Crippen LogP contribution >= 0.6 is 0 Å². The topological polar surface area (TPSA) is 20.2 Å². The highest BCUT2D eigenvalue weighted by atomic mass is 16.3. The molecule has 0 fully saturated rings. The van der Waals surface area contributed by atoms with Gasteiger partial charge >= 0.3 is 0 Å². The minimum Gasteiger partial charge on any atom is -0.507 e. The van der Waals surface area contributed by atoms with Crippen molar-refractivity contribution in [3.8, 4) is 28.0 Å². The van der Waals surface area contributed by atoms with Gasteiger partial charge in [0.2, 0.25) is 0 Å². The number of fused-ring (bicyclic) bond motifs is 8. The van der Waals surface area contributed by atoms with Crippen molar-refractivity contribution >= 4 is 21.5 Å². The van der Waals surface area contributed by atoms with Crippen LogP contribution < -0.4 is 0 Å². The normalized spacial score (nSPS) is 18.9. The average Bonchev–Trinajstić information content (AvgIpc) is 3.38. The molecule has 2 aliphatic rings. The number of benzene rings is 5. The summed E-state index contributed by atoms with van der Waals surface area (Å²) in [5, 5.41) is 15.8. The SMILES string of the molecule is C=CC=C1C(=C)C(C)=C(C=CC)C12c1ccccc1-c1c2cc(-c2cc3ccccc3cc2O)c2ccccc12. The molecule has 0 heterocycles. The summed E-state index contributed by atoms with van der Waals surface area (Å²) in [4.78, 5) is 0. The van der Waals surface area contributed by atoms with Crippen molar-refractivity contribution in [1.82, 2.24) is 0 Å². The van der Waals surface area contributed by atoms with Crippen LogP contribution in [0.2, 0.25) is 0 Å². The van der Waals surface area contributed by atoms with Gasteiger partial charge in [0.25, 0.3) is 0 Å². The molecule has 1 N–H and O–H groups in total. The number of phenols is 1. The molecule has 0 aliphatic heterocycles. The third-order valence-electron chi connectivity index (χ3n) is 8.81. The molecule has 0 amide bonds. The molecule has 1 nitrogen and oxygen atoms in total. The van der Waals surface area contributed by atoms with E-state index in [0.29, 0.717) is 0 Å². The van der Waals surface area contributed by atoms with Gasteiger partial charge in [-0.2, -0.15) is 0 Å². The van der Waals surface area contributed by atoms with E-state index in [9.17, 15) is 5.11 Å². The van der Waals surface area contributed by atoms with Crippen LogP contribution in [-0.4, -0.2) is 5.11 Å². The Kier molecular flexibility index (Phi) is 5.34. The third kappa shape index (κ3) is 3.03. The van der Waals surface area contributed by atoms with Crippen LogP contribution in [-0.2, 0) is 5.41 Å². The van der Waals surface area contributed by atoms with Crippen LogP contribution in [0.15, 0.2) is 151 Å². The van der Waals surface area contributed by atoms with E-state index >= 15 is 0 Å². The van der Waals surface area contributed by atoms with E-state index in [0.717, 1.165) is 38.4 Å². The summed E-state index contributed by atoms with van der Waals surface area (Å²) in [6.07, 6.45) is 8.39. The van der Waals surface area contributed by atoms with Crippen LogP contribution in [0.1, 0.15) is 25.0 Å². The van der Waals surface area contributed by atoms with Gasteiger partial charge in [-0.25, -0.2) is 0 Å². The second-order valence-electron chi connectivity index (χ2n) is 10.7. The molecule has 1 spiro atoms.